The number of piperidine rings is 1. The molecular weight excluding hydrogens is 326 g/mol. The highest BCUT2D eigenvalue weighted by molar-refractivity contribution is 6.03. The first-order valence-corrected chi connectivity index (χ1v) is 9.03. The van der Waals surface area contributed by atoms with E-state index in [0.717, 1.165) is 37.2 Å². The zero-order valence-corrected chi connectivity index (χ0v) is 14.9. The number of para-hydroxylation sites is 1. The van der Waals surface area contributed by atoms with Gasteiger partial charge in [-0.05, 0) is 57.1 Å². The van der Waals surface area contributed by atoms with Crippen molar-refractivity contribution in [3.05, 3.63) is 66.1 Å². The van der Waals surface area contributed by atoms with Gasteiger partial charge in [-0.25, -0.2) is 4.68 Å². The van der Waals surface area contributed by atoms with E-state index in [4.69, 9.17) is 0 Å². The van der Waals surface area contributed by atoms with Crippen LogP contribution in [0.15, 0.2) is 54.9 Å². The van der Waals surface area contributed by atoms with E-state index in [9.17, 15) is 4.79 Å². The zero-order chi connectivity index (χ0) is 17.9. The number of aryl methyl sites for hydroxylation is 1. The lowest BCUT2D eigenvalue weighted by molar-refractivity contribution is 0.101. The Kier molecular flexibility index (Phi) is 4.58. The molecule has 0 aliphatic carbocycles. The quantitative estimate of drug-likeness (QED) is 0.760. The number of carbonyl (C=O) groups is 1. The number of amides is 1. The molecule has 0 bridgehead atoms. The fourth-order valence-electron chi connectivity index (χ4n) is 3.46. The Labute approximate surface area is 152 Å². The number of anilines is 1. The minimum Gasteiger partial charge on any atom is -0.340 e. The maximum Gasteiger partial charge on any atom is 0.273 e. The molecule has 0 radical (unpaired) electrons. The topological polar surface area (TPSA) is 63.9 Å². The molecule has 6 nitrogen and oxygen atoms in total. The molecule has 134 valence electrons. The Balaban J connectivity index is 1.54. The lowest BCUT2D eigenvalue weighted by Gasteiger charge is -2.25. The second-order valence-electron chi connectivity index (χ2n) is 6.68. The van der Waals surface area contributed by atoms with Gasteiger partial charge < -0.3 is 15.2 Å². The molecule has 1 saturated heterocycles. The van der Waals surface area contributed by atoms with E-state index in [0.29, 0.717) is 17.6 Å². The number of rotatable bonds is 4. The summed E-state index contributed by atoms with van der Waals surface area (Å²) in [4.78, 5) is 12.8. The van der Waals surface area contributed by atoms with Gasteiger partial charge in [0, 0.05) is 24.0 Å². The summed E-state index contributed by atoms with van der Waals surface area (Å²) >= 11 is 0. The van der Waals surface area contributed by atoms with E-state index >= 15 is 0 Å². The second-order valence-corrected chi connectivity index (χ2v) is 6.68. The standard InChI is InChI=1S/C20H23N5O/c1-15-14-25(17-6-3-2-4-7-17)23-19(15)22-20(26)18-8-5-13-24(18)16-9-11-21-12-10-16/h2-8,13-14,16,21H,9-12H2,1H3,(H,22,23,26). The number of aromatic nitrogens is 3. The van der Waals surface area contributed by atoms with Crippen molar-refractivity contribution in [2.24, 2.45) is 0 Å². The number of hydrogen-bond donors (Lipinski definition) is 2. The van der Waals surface area contributed by atoms with Gasteiger partial charge in [0.15, 0.2) is 5.82 Å². The van der Waals surface area contributed by atoms with Gasteiger partial charge in [-0.15, -0.1) is 5.10 Å². The van der Waals surface area contributed by atoms with Crippen LogP contribution in [0.1, 0.15) is 34.9 Å². The molecular formula is C20H23N5O. The van der Waals surface area contributed by atoms with Crippen LogP contribution in [-0.4, -0.2) is 33.3 Å². The highest BCUT2D eigenvalue weighted by Crippen LogP contribution is 2.22. The first kappa shape index (κ1) is 16.6. The van der Waals surface area contributed by atoms with Crippen LogP contribution in [0.25, 0.3) is 5.69 Å². The molecule has 1 aliphatic rings. The van der Waals surface area contributed by atoms with Crippen LogP contribution < -0.4 is 10.6 Å². The third kappa shape index (κ3) is 3.28. The van der Waals surface area contributed by atoms with Gasteiger partial charge in [-0.2, -0.15) is 0 Å². The molecule has 26 heavy (non-hydrogen) atoms. The predicted molar refractivity (Wildman–Crippen MR) is 102 cm³/mol. The summed E-state index contributed by atoms with van der Waals surface area (Å²) < 4.78 is 3.89. The smallest absolute Gasteiger partial charge is 0.273 e. The van der Waals surface area contributed by atoms with Gasteiger partial charge in [-0.3, -0.25) is 4.79 Å². The Morgan fingerprint density at radius 1 is 1.15 bits per heavy atom. The number of carbonyl (C=O) groups excluding carboxylic acids is 1. The molecule has 1 amide bonds. The molecule has 1 fully saturated rings. The summed E-state index contributed by atoms with van der Waals surface area (Å²) in [6, 6.07) is 14.1. The van der Waals surface area contributed by atoms with Crippen molar-refractivity contribution in [1.29, 1.82) is 0 Å². The number of hydrogen-bond acceptors (Lipinski definition) is 3. The van der Waals surface area contributed by atoms with Gasteiger partial charge >= 0.3 is 0 Å². The van der Waals surface area contributed by atoms with Crippen LogP contribution in [0.5, 0.6) is 0 Å². The first-order chi connectivity index (χ1) is 12.7. The minimum absolute atomic E-state index is 0.116. The van der Waals surface area contributed by atoms with Gasteiger partial charge in [-0.1, -0.05) is 18.2 Å². The summed E-state index contributed by atoms with van der Waals surface area (Å²) in [6.45, 7) is 3.93. The third-order valence-electron chi connectivity index (χ3n) is 4.86. The first-order valence-electron chi connectivity index (χ1n) is 9.03. The van der Waals surface area contributed by atoms with E-state index < -0.39 is 0 Å². The van der Waals surface area contributed by atoms with Crippen LogP contribution in [0.4, 0.5) is 5.82 Å². The van der Waals surface area contributed by atoms with Crippen molar-refractivity contribution in [3.8, 4) is 5.69 Å². The van der Waals surface area contributed by atoms with Crippen LogP contribution in [0, 0.1) is 6.92 Å². The largest absolute Gasteiger partial charge is 0.340 e. The average molecular weight is 349 g/mol. The predicted octanol–water partition coefficient (Wildman–Crippen LogP) is 3.16. The molecule has 0 saturated carbocycles. The maximum atomic E-state index is 12.8. The Hall–Kier alpha value is -2.86. The summed E-state index contributed by atoms with van der Waals surface area (Å²) in [5.41, 5.74) is 2.59. The SMILES string of the molecule is Cc1cn(-c2ccccc2)nc1NC(=O)c1cccn1C1CCNCC1. The monoisotopic (exact) mass is 349 g/mol. The highest BCUT2D eigenvalue weighted by atomic mass is 16.2. The number of nitrogens with zero attached hydrogens (tertiary/aromatic N) is 3. The zero-order valence-electron chi connectivity index (χ0n) is 14.9. The normalized spacial score (nSPS) is 15.1. The van der Waals surface area contributed by atoms with Crippen LogP contribution in [-0.2, 0) is 0 Å². The fraction of sp³-hybridized carbons (Fsp3) is 0.300. The summed E-state index contributed by atoms with van der Waals surface area (Å²) in [7, 11) is 0. The molecule has 1 aliphatic heterocycles. The summed E-state index contributed by atoms with van der Waals surface area (Å²) in [5, 5.41) is 10.9. The molecule has 0 unspecified atom stereocenters. The lowest BCUT2D eigenvalue weighted by atomic mass is 10.1. The van der Waals surface area contributed by atoms with Crippen molar-refractivity contribution in [2.75, 3.05) is 18.4 Å². The van der Waals surface area contributed by atoms with E-state index in [-0.39, 0.29) is 5.91 Å². The van der Waals surface area contributed by atoms with Gasteiger partial charge in [0.1, 0.15) is 5.69 Å². The molecule has 6 heteroatoms. The van der Waals surface area contributed by atoms with Crippen molar-refractivity contribution >= 4 is 11.7 Å². The molecule has 2 N–H and O–H groups in total. The molecule has 1 aromatic carbocycles. The molecule has 4 rings (SSSR count). The van der Waals surface area contributed by atoms with Gasteiger partial charge in [0.05, 0.1) is 5.69 Å². The van der Waals surface area contributed by atoms with Crippen molar-refractivity contribution in [1.82, 2.24) is 19.7 Å². The van der Waals surface area contributed by atoms with E-state index in [1.807, 2.05) is 61.8 Å². The summed E-state index contributed by atoms with van der Waals surface area (Å²) in [5.74, 6) is 0.479. The number of benzene rings is 1. The van der Waals surface area contributed by atoms with E-state index in [1.165, 1.54) is 0 Å². The molecule has 0 spiro atoms. The van der Waals surface area contributed by atoms with Crippen molar-refractivity contribution < 1.29 is 4.79 Å². The minimum atomic E-state index is -0.116. The third-order valence-corrected chi connectivity index (χ3v) is 4.86. The Morgan fingerprint density at radius 3 is 2.69 bits per heavy atom. The lowest BCUT2D eigenvalue weighted by Crippen LogP contribution is -2.31. The molecule has 3 heterocycles. The van der Waals surface area contributed by atoms with E-state index in [2.05, 4.69) is 20.3 Å². The number of nitrogens with one attached hydrogen (secondary N) is 2. The van der Waals surface area contributed by atoms with Gasteiger partial charge in [0.25, 0.3) is 5.91 Å². The van der Waals surface area contributed by atoms with Crippen molar-refractivity contribution in [3.63, 3.8) is 0 Å². The van der Waals surface area contributed by atoms with Crippen molar-refractivity contribution in [2.45, 2.75) is 25.8 Å². The molecule has 0 atom stereocenters. The van der Waals surface area contributed by atoms with Crippen LogP contribution >= 0.6 is 0 Å². The van der Waals surface area contributed by atoms with E-state index in [1.54, 1.807) is 4.68 Å². The highest BCUT2D eigenvalue weighted by Gasteiger charge is 2.21. The average Bonchev–Trinajstić information content (AvgIpc) is 3.31. The molecule has 2 aromatic heterocycles. The Bertz CT molecular complexity index is 890. The van der Waals surface area contributed by atoms with Crippen LogP contribution in [0.2, 0.25) is 0 Å². The Morgan fingerprint density at radius 2 is 1.92 bits per heavy atom. The van der Waals surface area contributed by atoms with Crippen LogP contribution in [0.3, 0.4) is 0 Å². The van der Waals surface area contributed by atoms with Gasteiger partial charge in [0.2, 0.25) is 0 Å². The second kappa shape index (κ2) is 7.17. The maximum absolute atomic E-state index is 12.8. The fourth-order valence-corrected chi connectivity index (χ4v) is 3.46. The summed E-state index contributed by atoms with van der Waals surface area (Å²) in [6.07, 6.45) is 6.00. The molecule has 3 aromatic rings.